The van der Waals surface area contributed by atoms with Crippen molar-refractivity contribution in [3.05, 3.63) is 15.0 Å². The minimum atomic E-state index is -0.182. The summed E-state index contributed by atoms with van der Waals surface area (Å²) in [4.78, 5) is 17.7. The molecular weight excluding hydrogens is 280 g/mol. The second-order valence-electron chi connectivity index (χ2n) is 3.79. The maximum absolute atomic E-state index is 11.9. The number of hydrogen-bond donors (Lipinski definition) is 0. The predicted molar refractivity (Wildman–Crippen MR) is 61.1 cm³/mol. The summed E-state index contributed by atoms with van der Waals surface area (Å²) < 4.78 is 6.07. The Balaban J connectivity index is 2.04. The molecule has 1 fully saturated rings. The van der Waals surface area contributed by atoms with Gasteiger partial charge in [0.05, 0.1) is 18.6 Å². The summed E-state index contributed by atoms with van der Waals surface area (Å²) in [5, 5.41) is 0. The summed E-state index contributed by atoms with van der Waals surface area (Å²) in [6.45, 7) is 3.26. The third-order valence-electron chi connectivity index (χ3n) is 2.56. The molecule has 0 radical (unpaired) electrons. The van der Waals surface area contributed by atoms with E-state index in [1.54, 1.807) is 17.5 Å². The van der Waals surface area contributed by atoms with Crippen LogP contribution in [0.25, 0.3) is 0 Å². The standard InChI is InChI=1S/C9H11BrN2O2S/c1-9(14-2)3-12(4-9)8(13)6-7(10)15-5-11-6/h5H,3-4H2,1-2H3. The molecule has 1 aromatic heterocycles. The van der Waals surface area contributed by atoms with Gasteiger partial charge in [0.1, 0.15) is 9.39 Å². The van der Waals surface area contributed by atoms with Gasteiger partial charge in [0, 0.05) is 7.11 Å². The predicted octanol–water partition coefficient (Wildman–Crippen LogP) is 1.77. The maximum Gasteiger partial charge on any atom is 0.274 e. The number of likely N-dealkylation sites (tertiary alicyclic amines) is 1. The molecule has 1 aliphatic rings. The molecule has 0 unspecified atom stereocenters. The molecule has 1 amide bonds. The Kier molecular flexibility index (Phi) is 2.83. The van der Waals surface area contributed by atoms with Gasteiger partial charge >= 0.3 is 0 Å². The monoisotopic (exact) mass is 290 g/mol. The number of rotatable bonds is 2. The number of carbonyl (C=O) groups excluding carboxylic acids is 1. The minimum Gasteiger partial charge on any atom is -0.375 e. The van der Waals surface area contributed by atoms with E-state index in [4.69, 9.17) is 4.74 Å². The van der Waals surface area contributed by atoms with Crippen LogP contribution in [-0.4, -0.2) is 41.6 Å². The zero-order valence-corrected chi connectivity index (χ0v) is 10.9. The molecule has 6 heteroatoms. The lowest BCUT2D eigenvalue weighted by Gasteiger charge is -2.46. The van der Waals surface area contributed by atoms with E-state index < -0.39 is 0 Å². The molecule has 0 atom stereocenters. The molecule has 0 aliphatic carbocycles. The van der Waals surface area contributed by atoms with Crippen molar-refractivity contribution in [3.8, 4) is 0 Å². The van der Waals surface area contributed by atoms with Crippen molar-refractivity contribution in [2.75, 3.05) is 20.2 Å². The van der Waals surface area contributed by atoms with Gasteiger partial charge in [0.15, 0.2) is 5.69 Å². The van der Waals surface area contributed by atoms with Crippen molar-refractivity contribution in [2.45, 2.75) is 12.5 Å². The van der Waals surface area contributed by atoms with Crippen LogP contribution in [0.15, 0.2) is 9.30 Å². The van der Waals surface area contributed by atoms with Crippen molar-refractivity contribution in [3.63, 3.8) is 0 Å². The Hall–Kier alpha value is -0.460. The molecule has 0 aromatic carbocycles. The summed E-state index contributed by atoms with van der Waals surface area (Å²) in [5.74, 6) is -0.0300. The van der Waals surface area contributed by atoms with Crippen LogP contribution in [-0.2, 0) is 4.74 Å². The van der Waals surface area contributed by atoms with Gasteiger partial charge in [0.25, 0.3) is 5.91 Å². The first kappa shape index (κ1) is 11.0. The van der Waals surface area contributed by atoms with Crippen LogP contribution in [0, 0.1) is 0 Å². The number of carbonyl (C=O) groups is 1. The van der Waals surface area contributed by atoms with Gasteiger partial charge < -0.3 is 9.64 Å². The van der Waals surface area contributed by atoms with Gasteiger partial charge in [-0.1, -0.05) is 0 Å². The lowest BCUT2D eigenvalue weighted by molar-refractivity contribution is -0.0949. The van der Waals surface area contributed by atoms with Gasteiger partial charge in [-0.2, -0.15) is 0 Å². The lowest BCUT2D eigenvalue weighted by atomic mass is 9.96. The van der Waals surface area contributed by atoms with Gasteiger partial charge in [-0.25, -0.2) is 4.98 Å². The van der Waals surface area contributed by atoms with Crippen molar-refractivity contribution in [2.24, 2.45) is 0 Å². The molecule has 0 saturated carbocycles. The fourth-order valence-electron chi connectivity index (χ4n) is 1.55. The van der Waals surface area contributed by atoms with Crippen molar-refractivity contribution < 1.29 is 9.53 Å². The third kappa shape index (κ3) is 1.93. The highest BCUT2D eigenvalue weighted by molar-refractivity contribution is 9.11. The first-order valence-electron chi connectivity index (χ1n) is 4.49. The Morgan fingerprint density at radius 2 is 2.40 bits per heavy atom. The number of amides is 1. The molecule has 1 saturated heterocycles. The molecule has 0 bridgehead atoms. The van der Waals surface area contributed by atoms with Crippen LogP contribution < -0.4 is 0 Å². The molecule has 4 nitrogen and oxygen atoms in total. The molecule has 1 aromatic rings. The zero-order valence-electron chi connectivity index (χ0n) is 8.49. The molecule has 0 spiro atoms. The molecule has 2 rings (SSSR count). The third-order valence-corrected chi connectivity index (χ3v) is 4.10. The number of aromatic nitrogens is 1. The Bertz CT molecular complexity index is 387. The van der Waals surface area contributed by atoms with E-state index in [2.05, 4.69) is 20.9 Å². The highest BCUT2D eigenvalue weighted by Crippen LogP contribution is 2.28. The zero-order chi connectivity index (χ0) is 11.1. The quantitative estimate of drug-likeness (QED) is 0.834. The Morgan fingerprint density at radius 1 is 1.73 bits per heavy atom. The fourth-order valence-corrected chi connectivity index (χ4v) is 2.58. The SMILES string of the molecule is COC1(C)CN(C(=O)c2ncsc2Br)C1. The van der Waals surface area contributed by atoms with E-state index in [0.29, 0.717) is 18.8 Å². The average molecular weight is 291 g/mol. The average Bonchev–Trinajstić information content (AvgIpc) is 2.58. The molecule has 0 N–H and O–H groups in total. The van der Waals surface area contributed by atoms with Crippen molar-refractivity contribution in [1.29, 1.82) is 0 Å². The lowest BCUT2D eigenvalue weighted by Crippen LogP contribution is -2.62. The molecule has 2 heterocycles. The van der Waals surface area contributed by atoms with Crippen molar-refractivity contribution in [1.82, 2.24) is 9.88 Å². The topological polar surface area (TPSA) is 42.4 Å². The molecular formula is C9H11BrN2O2S. The van der Waals surface area contributed by atoms with Crippen LogP contribution >= 0.6 is 27.3 Å². The molecule has 15 heavy (non-hydrogen) atoms. The smallest absolute Gasteiger partial charge is 0.274 e. The first-order chi connectivity index (χ1) is 7.06. The highest BCUT2D eigenvalue weighted by atomic mass is 79.9. The fraction of sp³-hybridized carbons (Fsp3) is 0.556. The van der Waals surface area contributed by atoms with E-state index in [1.165, 1.54) is 11.3 Å². The van der Waals surface area contributed by atoms with E-state index in [1.807, 2.05) is 6.92 Å². The van der Waals surface area contributed by atoms with E-state index in [9.17, 15) is 4.79 Å². The summed E-state index contributed by atoms with van der Waals surface area (Å²) in [7, 11) is 1.67. The number of hydrogen-bond acceptors (Lipinski definition) is 4. The number of thiazole rings is 1. The second kappa shape index (κ2) is 3.84. The number of nitrogens with zero attached hydrogens (tertiary/aromatic N) is 2. The van der Waals surface area contributed by atoms with Gasteiger partial charge in [0.2, 0.25) is 0 Å². The Morgan fingerprint density at radius 3 is 2.87 bits per heavy atom. The first-order valence-corrected chi connectivity index (χ1v) is 6.16. The van der Waals surface area contributed by atoms with Crippen LogP contribution in [0.1, 0.15) is 17.4 Å². The van der Waals surface area contributed by atoms with E-state index in [-0.39, 0.29) is 11.5 Å². The van der Waals surface area contributed by atoms with E-state index in [0.717, 1.165) is 3.79 Å². The number of ether oxygens (including phenoxy) is 1. The Labute approximate surface area is 100 Å². The number of halogens is 1. The molecule has 1 aliphatic heterocycles. The van der Waals surface area contributed by atoms with Crippen LogP contribution in [0.2, 0.25) is 0 Å². The van der Waals surface area contributed by atoms with Crippen LogP contribution in [0.3, 0.4) is 0 Å². The van der Waals surface area contributed by atoms with E-state index >= 15 is 0 Å². The summed E-state index contributed by atoms with van der Waals surface area (Å²) >= 11 is 4.73. The summed E-state index contributed by atoms with van der Waals surface area (Å²) in [6, 6.07) is 0. The summed E-state index contributed by atoms with van der Waals surface area (Å²) in [6.07, 6.45) is 0. The largest absolute Gasteiger partial charge is 0.375 e. The highest BCUT2D eigenvalue weighted by Gasteiger charge is 2.42. The second-order valence-corrected chi connectivity index (χ2v) is 5.96. The normalized spacial score (nSPS) is 18.7. The summed E-state index contributed by atoms with van der Waals surface area (Å²) in [5.41, 5.74) is 1.98. The van der Waals surface area contributed by atoms with Crippen molar-refractivity contribution >= 4 is 33.2 Å². The van der Waals surface area contributed by atoms with Crippen LogP contribution in [0.5, 0.6) is 0 Å². The van der Waals surface area contributed by atoms with Gasteiger partial charge in [-0.3, -0.25) is 4.79 Å². The number of methoxy groups -OCH3 is 1. The maximum atomic E-state index is 11.9. The van der Waals surface area contributed by atoms with Crippen LogP contribution in [0.4, 0.5) is 0 Å². The van der Waals surface area contributed by atoms with Gasteiger partial charge in [-0.05, 0) is 22.9 Å². The minimum absolute atomic E-state index is 0.0300. The van der Waals surface area contributed by atoms with Gasteiger partial charge in [-0.15, -0.1) is 11.3 Å². The molecule has 82 valence electrons.